The van der Waals surface area contributed by atoms with Crippen LogP contribution < -0.4 is 10.6 Å². The largest absolute Gasteiger partial charge is 0.632 e. The van der Waals surface area contributed by atoms with Crippen molar-refractivity contribution in [3.05, 3.63) is 82.2 Å². The molecule has 0 bridgehead atoms. The van der Waals surface area contributed by atoms with Gasteiger partial charge in [-0.05, 0) is 62.5 Å². The highest BCUT2D eigenvalue weighted by atomic mass is 16.6. The lowest BCUT2D eigenvalue weighted by molar-refractivity contribution is -0.909. The fourth-order valence-electron chi connectivity index (χ4n) is 8.92. The van der Waals surface area contributed by atoms with Crippen molar-refractivity contribution in [2.45, 2.75) is 126 Å². The van der Waals surface area contributed by atoms with Gasteiger partial charge in [0, 0.05) is 25.7 Å². The van der Waals surface area contributed by atoms with E-state index in [-0.39, 0.29) is 23.9 Å². The van der Waals surface area contributed by atoms with Crippen LogP contribution in [0, 0.1) is 10.4 Å². The Morgan fingerprint density at radius 3 is 1.27 bits per heavy atom. The van der Waals surface area contributed by atoms with Crippen molar-refractivity contribution in [2.75, 3.05) is 13.1 Å². The summed E-state index contributed by atoms with van der Waals surface area (Å²) in [7, 11) is 0. The molecule has 0 radical (unpaired) electrons. The molecule has 0 unspecified atom stereocenters. The maximum absolute atomic E-state index is 14.3. The van der Waals surface area contributed by atoms with Crippen molar-refractivity contribution in [3.63, 3.8) is 0 Å². The SMILES string of the molecule is O=C(N[C@H](c1ccccc1)[C@H](NC(=O)[C@@H]1CCC[N@@+]1([O-])C1CCCCC1)c1ccccc1)[C@@H]1CCC[N@@+]1([O-])C1CCCCC1. The van der Waals surface area contributed by atoms with E-state index in [1.54, 1.807) is 0 Å². The van der Waals surface area contributed by atoms with Gasteiger partial charge in [-0.15, -0.1) is 0 Å². The molecule has 2 saturated carbocycles. The summed E-state index contributed by atoms with van der Waals surface area (Å²) in [6, 6.07) is 16.9. The number of rotatable bonds is 9. The van der Waals surface area contributed by atoms with Gasteiger partial charge in [-0.25, -0.2) is 0 Å². The summed E-state index contributed by atoms with van der Waals surface area (Å²) in [4.78, 5) is 28.4. The van der Waals surface area contributed by atoms with Crippen LogP contribution in [0.2, 0.25) is 0 Å². The van der Waals surface area contributed by atoms with Crippen LogP contribution in [0.15, 0.2) is 60.7 Å². The van der Waals surface area contributed by atoms with E-state index in [0.717, 1.165) is 88.2 Å². The number of benzene rings is 2. The highest BCUT2D eigenvalue weighted by Gasteiger charge is 2.48. The number of carbonyl (C=O) groups excluding carboxylic acids is 2. The Labute approximate surface area is 262 Å². The predicted octanol–water partition coefficient (Wildman–Crippen LogP) is 6.32. The van der Waals surface area contributed by atoms with Crippen LogP contribution in [0.5, 0.6) is 0 Å². The van der Waals surface area contributed by atoms with E-state index in [2.05, 4.69) is 10.6 Å². The maximum Gasteiger partial charge on any atom is 0.279 e. The molecule has 2 aromatic rings. The zero-order chi connectivity index (χ0) is 30.6. The zero-order valence-electron chi connectivity index (χ0n) is 26.1. The lowest BCUT2D eigenvalue weighted by Gasteiger charge is -2.51. The molecule has 0 aromatic heterocycles. The number of hydroxylamine groups is 6. The molecule has 2 aromatic carbocycles. The number of amides is 2. The summed E-state index contributed by atoms with van der Waals surface area (Å²) < 4.78 is -0.843. The van der Waals surface area contributed by atoms with Crippen molar-refractivity contribution in [1.29, 1.82) is 0 Å². The van der Waals surface area contributed by atoms with Crippen LogP contribution in [0.4, 0.5) is 0 Å². The summed E-state index contributed by atoms with van der Waals surface area (Å²) in [6.45, 7) is 0.980. The lowest BCUT2D eigenvalue weighted by atomic mass is 9.91. The smallest absolute Gasteiger partial charge is 0.279 e. The van der Waals surface area contributed by atoms with Gasteiger partial charge in [-0.1, -0.05) is 73.5 Å². The lowest BCUT2D eigenvalue weighted by Crippen LogP contribution is -2.61. The second-order valence-corrected chi connectivity index (χ2v) is 13.8. The Morgan fingerprint density at radius 2 is 0.909 bits per heavy atom. The van der Waals surface area contributed by atoms with Crippen LogP contribution in [0.25, 0.3) is 0 Å². The Morgan fingerprint density at radius 1 is 0.545 bits per heavy atom. The van der Waals surface area contributed by atoms with Crippen LogP contribution in [0.3, 0.4) is 0 Å². The number of carbonyl (C=O) groups is 2. The molecular weight excluding hydrogens is 552 g/mol. The van der Waals surface area contributed by atoms with Gasteiger partial charge in [0.25, 0.3) is 11.8 Å². The third kappa shape index (κ3) is 6.32. The first-order chi connectivity index (χ1) is 21.4. The first kappa shape index (κ1) is 31.2. The van der Waals surface area contributed by atoms with Gasteiger partial charge in [0.1, 0.15) is 0 Å². The topological polar surface area (TPSA) is 104 Å². The highest BCUT2D eigenvalue weighted by molar-refractivity contribution is 5.83. The van der Waals surface area contributed by atoms with Crippen molar-refractivity contribution in [3.8, 4) is 0 Å². The third-order valence-electron chi connectivity index (χ3n) is 11.3. The molecule has 8 heteroatoms. The van der Waals surface area contributed by atoms with Crippen LogP contribution >= 0.6 is 0 Å². The highest BCUT2D eigenvalue weighted by Crippen LogP contribution is 2.39. The Kier molecular flexibility index (Phi) is 9.71. The Balaban J connectivity index is 1.29. The maximum atomic E-state index is 14.3. The van der Waals surface area contributed by atoms with E-state index in [4.69, 9.17) is 0 Å². The second kappa shape index (κ2) is 13.7. The first-order valence-electron chi connectivity index (χ1n) is 17.3. The Bertz CT molecular complexity index is 1150. The molecule has 238 valence electrons. The van der Waals surface area contributed by atoms with E-state index in [1.807, 2.05) is 60.7 Å². The Hall–Kier alpha value is -2.78. The van der Waals surface area contributed by atoms with E-state index in [1.165, 1.54) is 0 Å². The molecule has 8 nitrogen and oxygen atoms in total. The normalized spacial score (nSPS) is 31.3. The molecule has 2 N–H and O–H groups in total. The molecule has 2 heterocycles. The fraction of sp³-hybridized carbons (Fsp3) is 0.611. The van der Waals surface area contributed by atoms with Crippen LogP contribution in [-0.4, -0.2) is 58.4 Å². The zero-order valence-corrected chi connectivity index (χ0v) is 26.1. The molecular formula is C36H50N4O4. The van der Waals surface area contributed by atoms with E-state index in [0.29, 0.717) is 25.9 Å². The average Bonchev–Trinajstić information content (AvgIpc) is 3.68. The molecule has 0 spiro atoms. The minimum Gasteiger partial charge on any atom is -0.632 e. The summed E-state index contributed by atoms with van der Waals surface area (Å²) in [5.41, 5.74) is 1.72. The number of hydrogen-bond acceptors (Lipinski definition) is 4. The van der Waals surface area contributed by atoms with Crippen LogP contribution in [-0.2, 0) is 9.59 Å². The molecule has 6 atom stereocenters. The van der Waals surface area contributed by atoms with E-state index < -0.39 is 33.5 Å². The molecule has 2 amide bonds. The van der Waals surface area contributed by atoms with E-state index >= 15 is 0 Å². The second-order valence-electron chi connectivity index (χ2n) is 13.8. The fourth-order valence-corrected chi connectivity index (χ4v) is 8.92. The molecule has 2 saturated heterocycles. The van der Waals surface area contributed by atoms with Gasteiger partial charge >= 0.3 is 0 Å². The standard InChI is InChI=1S/C36H50N4O4/c41-35(31-23-13-25-39(31,43)29-19-9-3-10-20-29)37-33(27-15-5-1-6-16-27)34(28-17-7-2-8-18-28)38-36(42)32-24-14-26-40(32,44)30-21-11-4-12-22-30/h1-2,5-8,15-18,29-34H,3-4,9-14,19-26H2,(H,37,41)(H,38,42)/t31-,32-,33+,34+,39+,40+/m0/s1. The molecule has 6 rings (SSSR count). The molecule has 2 aliphatic carbocycles. The third-order valence-corrected chi connectivity index (χ3v) is 11.3. The molecule has 44 heavy (non-hydrogen) atoms. The first-order valence-corrected chi connectivity index (χ1v) is 17.3. The van der Waals surface area contributed by atoms with Crippen molar-refractivity contribution in [1.82, 2.24) is 10.6 Å². The van der Waals surface area contributed by atoms with Gasteiger partial charge in [-0.2, -0.15) is 0 Å². The monoisotopic (exact) mass is 602 g/mol. The van der Waals surface area contributed by atoms with Gasteiger partial charge in [0.05, 0.1) is 37.3 Å². The number of nitrogens with one attached hydrogen (secondary N) is 2. The molecule has 4 fully saturated rings. The molecule has 4 aliphatic rings. The van der Waals surface area contributed by atoms with E-state index in [9.17, 15) is 20.0 Å². The van der Waals surface area contributed by atoms with Crippen molar-refractivity contribution >= 4 is 11.8 Å². The molecule has 2 aliphatic heterocycles. The van der Waals surface area contributed by atoms with Crippen LogP contribution in [0.1, 0.15) is 113 Å². The summed E-state index contributed by atoms with van der Waals surface area (Å²) in [6.07, 6.45) is 12.7. The summed E-state index contributed by atoms with van der Waals surface area (Å²) in [5, 5.41) is 35.3. The number of nitrogens with zero attached hydrogens (tertiary/aromatic N) is 2. The van der Waals surface area contributed by atoms with Crippen molar-refractivity contribution < 1.29 is 18.9 Å². The summed E-state index contributed by atoms with van der Waals surface area (Å²) >= 11 is 0. The number of quaternary nitrogens is 2. The van der Waals surface area contributed by atoms with Crippen molar-refractivity contribution in [2.24, 2.45) is 0 Å². The van der Waals surface area contributed by atoms with Gasteiger partial charge in [-0.3, -0.25) is 9.59 Å². The predicted molar refractivity (Wildman–Crippen MR) is 171 cm³/mol. The summed E-state index contributed by atoms with van der Waals surface area (Å²) in [5.74, 6) is -0.465. The van der Waals surface area contributed by atoms with Gasteiger partial charge in [0.15, 0.2) is 12.1 Å². The quantitative estimate of drug-likeness (QED) is 0.259. The number of likely N-dealkylation sites (tertiary alicyclic amines) is 2. The number of hydrogen-bond donors (Lipinski definition) is 2. The average molecular weight is 603 g/mol. The minimum absolute atomic E-state index is 0.0214. The van der Waals surface area contributed by atoms with Gasteiger partial charge in [0.2, 0.25) is 0 Å². The van der Waals surface area contributed by atoms with Gasteiger partial charge < -0.3 is 30.3 Å². The minimum atomic E-state index is -0.650.